The molecule has 0 aliphatic rings. The molecule has 13 nitrogen and oxygen atoms in total. The SMILES string of the molecule is Nc1nc(C(=O)NC(CO)C(=O)O)c(N)nc1C(=O)C[C@H](CO)C(=O)O. The summed E-state index contributed by atoms with van der Waals surface area (Å²) in [5.41, 5.74) is 10.0. The third kappa shape index (κ3) is 4.84. The minimum atomic E-state index is -1.62. The molecular weight excluding hydrogens is 354 g/mol. The standard InChI is InChI=1S/C13H17N5O8/c14-9-7(6(21)1-4(2-19)12(23)24)17-10(15)8(18-9)11(22)16-5(3-20)13(25)26/h4-5,19-20H,1-3H2,(H2,14,18)(H2,15,17)(H,16,22)(H,23,24)(H,25,26)/t4-,5?/m1/s1. The summed E-state index contributed by atoms with van der Waals surface area (Å²) in [6.07, 6.45) is -0.624. The van der Waals surface area contributed by atoms with E-state index in [-0.39, 0.29) is 0 Å². The largest absolute Gasteiger partial charge is 0.481 e. The van der Waals surface area contributed by atoms with Gasteiger partial charge in [-0.1, -0.05) is 0 Å². The molecule has 0 bridgehead atoms. The number of nitrogens with one attached hydrogen (secondary N) is 1. The Bertz CT molecular complexity index is 676. The second kappa shape index (κ2) is 8.68. The number of nitrogen functional groups attached to an aromatic ring is 2. The fourth-order valence-electron chi connectivity index (χ4n) is 1.80. The Morgan fingerprint density at radius 1 is 0.923 bits per heavy atom. The normalized spacial score (nSPS) is 12.8. The molecular formula is C13H17N5O8. The second-order valence-corrected chi connectivity index (χ2v) is 5.08. The fourth-order valence-corrected chi connectivity index (χ4v) is 1.80. The monoisotopic (exact) mass is 371 g/mol. The predicted octanol–water partition coefficient (Wildman–Crippen LogP) is -2.92. The van der Waals surface area contributed by atoms with Crippen LogP contribution in [0.3, 0.4) is 0 Å². The number of aliphatic carboxylic acids is 2. The molecule has 0 fully saturated rings. The van der Waals surface area contributed by atoms with E-state index in [0.717, 1.165) is 0 Å². The van der Waals surface area contributed by atoms with Gasteiger partial charge in [-0.15, -0.1) is 0 Å². The number of aliphatic hydroxyl groups excluding tert-OH is 2. The first kappa shape index (κ1) is 20.7. The number of carbonyl (C=O) groups excluding carboxylic acids is 2. The quantitative estimate of drug-likeness (QED) is 0.216. The summed E-state index contributed by atoms with van der Waals surface area (Å²) >= 11 is 0. The van der Waals surface area contributed by atoms with Gasteiger partial charge in [0.1, 0.15) is 0 Å². The van der Waals surface area contributed by atoms with Crippen LogP contribution in [0.25, 0.3) is 0 Å². The minimum Gasteiger partial charge on any atom is -0.481 e. The van der Waals surface area contributed by atoms with Crippen LogP contribution < -0.4 is 16.8 Å². The van der Waals surface area contributed by atoms with Crippen molar-refractivity contribution in [2.75, 3.05) is 24.7 Å². The number of ketones is 1. The van der Waals surface area contributed by atoms with Gasteiger partial charge in [-0.05, 0) is 0 Å². The van der Waals surface area contributed by atoms with Crippen LogP contribution in [0.2, 0.25) is 0 Å². The van der Waals surface area contributed by atoms with Crippen LogP contribution in [0.5, 0.6) is 0 Å². The summed E-state index contributed by atoms with van der Waals surface area (Å²) < 4.78 is 0. The van der Waals surface area contributed by atoms with Gasteiger partial charge in [-0.3, -0.25) is 14.4 Å². The molecule has 142 valence electrons. The summed E-state index contributed by atoms with van der Waals surface area (Å²) in [6, 6.07) is -1.62. The first-order valence-electron chi connectivity index (χ1n) is 7.06. The van der Waals surface area contributed by atoms with E-state index in [9.17, 15) is 19.2 Å². The maximum absolute atomic E-state index is 12.1. The number of nitrogens with zero attached hydrogens (tertiary/aromatic N) is 2. The lowest BCUT2D eigenvalue weighted by atomic mass is 10.0. The van der Waals surface area contributed by atoms with Gasteiger partial charge in [0.05, 0.1) is 19.1 Å². The maximum atomic E-state index is 12.1. The lowest BCUT2D eigenvalue weighted by Gasteiger charge is -2.13. The Balaban J connectivity index is 3.07. The number of hydrogen-bond acceptors (Lipinski definition) is 10. The van der Waals surface area contributed by atoms with Crippen molar-refractivity contribution in [3.8, 4) is 0 Å². The molecule has 13 heteroatoms. The Kier molecular flexibility index (Phi) is 6.92. The molecule has 1 amide bonds. The molecule has 1 heterocycles. The number of anilines is 2. The molecule has 26 heavy (non-hydrogen) atoms. The zero-order valence-corrected chi connectivity index (χ0v) is 13.2. The van der Waals surface area contributed by atoms with Gasteiger partial charge in [0.2, 0.25) is 0 Å². The zero-order chi connectivity index (χ0) is 20.0. The third-order valence-electron chi connectivity index (χ3n) is 3.22. The highest BCUT2D eigenvalue weighted by molar-refractivity contribution is 6.03. The van der Waals surface area contributed by atoms with Gasteiger partial charge in [-0.2, -0.15) is 0 Å². The van der Waals surface area contributed by atoms with E-state index in [0.29, 0.717) is 0 Å². The Labute approximate surface area is 145 Å². The molecule has 0 spiro atoms. The van der Waals surface area contributed by atoms with Crippen molar-refractivity contribution >= 4 is 35.3 Å². The molecule has 0 radical (unpaired) electrons. The van der Waals surface area contributed by atoms with Crippen LogP contribution in [0.4, 0.5) is 11.6 Å². The molecule has 1 aromatic heterocycles. The number of carboxylic acid groups (broad SMARTS) is 2. The molecule has 0 aromatic carbocycles. The lowest BCUT2D eigenvalue weighted by Crippen LogP contribution is -2.44. The summed E-state index contributed by atoms with van der Waals surface area (Å²) in [7, 11) is 0. The van der Waals surface area contributed by atoms with Crippen LogP contribution in [-0.2, 0) is 9.59 Å². The molecule has 9 N–H and O–H groups in total. The first-order valence-corrected chi connectivity index (χ1v) is 7.06. The van der Waals surface area contributed by atoms with E-state index in [1.807, 2.05) is 5.32 Å². The summed E-state index contributed by atoms with van der Waals surface area (Å²) in [5, 5.41) is 37.4. The molecule has 1 unspecified atom stereocenters. The smallest absolute Gasteiger partial charge is 0.328 e. The van der Waals surface area contributed by atoms with Crippen molar-refractivity contribution in [3.63, 3.8) is 0 Å². The molecule has 2 atom stereocenters. The zero-order valence-electron chi connectivity index (χ0n) is 13.2. The van der Waals surface area contributed by atoms with Crippen molar-refractivity contribution in [3.05, 3.63) is 11.4 Å². The van der Waals surface area contributed by atoms with Gasteiger partial charge in [0.15, 0.2) is 34.8 Å². The Hall–Kier alpha value is -3.32. The van der Waals surface area contributed by atoms with E-state index in [1.165, 1.54) is 0 Å². The summed E-state index contributed by atoms with van der Waals surface area (Å²) in [5.74, 6) is -7.34. The number of amides is 1. The van der Waals surface area contributed by atoms with Crippen LogP contribution >= 0.6 is 0 Å². The van der Waals surface area contributed by atoms with Crippen LogP contribution in [0.1, 0.15) is 27.4 Å². The van der Waals surface area contributed by atoms with Crippen molar-refractivity contribution in [2.24, 2.45) is 5.92 Å². The lowest BCUT2D eigenvalue weighted by molar-refractivity contribution is -0.143. The highest BCUT2D eigenvalue weighted by atomic mass is 16.4. The average Bonchev–Trinajstić information content (AvgIpc) is 2.57. The number of carbonyl (C=O) groups is 4. The third-order valence-corrected chi connectivity index (χ3v) is 3.22. The van der Waals surface area contributed by atoms with E-state index in [2.05, 4.69) is 9.97 Å². The number of aliphatic hydroxyl groups is 2. The number of aromatic nitrogens is 2. The molecule has 0 saturated carbocycles. The summed E-state index contributed by atoms with van der Waals surface area (Å²) in [6.45, 7) is -1.68. The highest BCUT2D eigenvalue weighted by Crippen LogP contribution is 2.17. The molecule has 1 aromatic rings. The number of rotatable bonds is 9. The second-order valence-electron chi connectivity index (χ2n) is 5.08. The van der Waals surface area contributed by atoms with E-state index in [1.54, 1.807) is 0 Å². The molecule has 0 aliphatic heterocycles. The van der Waals surface area contributed by atoms with E-state index in [4.69, 9.17) is 31.9 Å². The van der Waals surface area contributed by atoms with Crippen molar-refractivity contribution < 1.29 is 39.6 Å². The van der Waals surface area contributed by atoms with Gasteiger partial charge in [0.25, 0.3) is 5.91 Å². The molecule has 0 aliphatic carbocycles. The highest BCUT2D eigenvalue weighted by Gasteiger charge is 2.27. The average molecular weight is 371 g/mol. The molecule has 0 saturated heterocycles. The maximum Gasteiger partial charge on any atom is 0.328 e. The number of nitrogens with two attached hydrogens (primary N) is 2. The van der Waals surface area contributed by atoms with Gasteiger partial charge in [0, 0.05) is 6.42 Å². The number of carboxylic acids is 2. The van der Waals surface area contributed by atoms with E-state index < -0.39 is 78.2 Å². The van der Waals surface area contributed by atoms with Crippen LogP contribution in [-0.4, -0.2) is 73.3 Å². The number of hydrogen-bond donors (Lipinski definition) is 7. The molecule has 1 rings (SSSR count). The van der Waals surface area contributed by atoms with Gasteiger partial charge >= 0.3 is 11.9 Å². The van der Waals surface area contributed by atoms with E-state index >= 15 is 0 Å². The number of Topliss-reactive ketones (excluding diaryl/α,β-unsaturated/α-hetero) is 1. The van der Waals surface area contributed by atoms with Crippen molar-refractivity contribution in [1.82, 2.24) is 15.3 Å². The first-order chi connectivity index (χ1) is 12.1. The Morgan fingerprint density at radius 3 is 1.92 bits per heavy atom. The van der Waals surface area contributed by atoms with Crippen molar-refractivity contribution in [2.45, 2.75) is 12.5 Å². The van der Waals surface area contributed by atoms with Gasteiger partial charge < -0.3 is 37.2 Å². The minimum absolute atomic E-state index is 0.490. The van der Waals surface area contributed by atoms with Gasteiger partial charge in [-0.25, -0.2) is 14.8 Å². The van der Waals surface area contributed by atoms with Crippen LogP contribution in [0, 0.1) is 5.92 Å². The predicted molar refractivity (Wildman–Crippen MR) is 84.0 cm³/mol. The van der Waals surface area contributed by atoms with Crippen LogP contribution in [0.15, 0.2) is 0 Å². The fraction of sp³-hybridized carbons (Fsp3) is 0.385. The Morgan fingerprint density at radius 2 is 1.46 bits per heavy atom. The topological polar surface area (TPSA) is 239 Å². The van der Waals surface area contributed by atoms with Crippen molar-refractivity contribution in [1.29, 1.82) is 0 Å². The summed E-state index contributed by atoms with van der Waals surface area (Å²) in [4.78, 5) is 52.9.